The van der Waals surface area contributed by atoms with Crippen LogP contribution in [0.1, 0.15) is 12.5 Å². The lowest BCUT2D eigenvalue weighted by atomic mass is 10.1. The van der Waals surface area contributed by atoms with Crippen molar-refractivity contribution >= 4 is 5.69 Å². The minimum atomic E-state index is -0.352. The molecule has 1 aromatic heterocycles. The molecule has 1 atom stereocenters. The van der Waals surface area contributed by atoms with Gasteiger partial charge in [0, 0.05) is 19.3 Å². The van der Waals surface area contributed by atoms with Crippen molar-refractivity contribution < 1.29 is 9.13 Å². The molecule has 0 spiro atoms. The standard InChI is InChI=1S/C13H18FN5O/c1-8(7-20-3)6-19-13(16-17-18-19)11-5-10(15)4-9(2)12(11)14/h4-5,8H,6-7,15H2,1-3H3. The second-order valence-electron chi connectivity index (χ2n) is 4.94. The number of methoxy groups -OCH3 is 1. The van der Waals surface area contributed by atoms with Crippen molar-refractivity contribution in [3.05, 3.63) is 23.5 Å². The van der Waals surface area contributed by atoms with Crippen molar-refractivity contribution in [3.8, 4) is 11.4 Å². The quantitative estimate of drug-likeness (QED) is 0.842. The van der Waals surface area contributed by atoms with Crippen LogP contribution in [0.15, 0.2) is 12.1 Å². The van der Waals surface area contributed by atoms with E-state index in [9.17, 15) is 4.39 Å². The number of benzene rings is 1. The number of nitrogens with two attached hydrogens (primary N) is 1. The zero-order chi connectivity index (χ0) is 14.7. The lowest BCUT2D eigenvalue weighted by Crippen LogP contribution is -2.15. The minimum Gasteiger partial charge on any atom is -0.399 e. The molecule has 2 aromatic rings. The van der Waals surface area contributed by atoms with Crippen LogP contribution in [0.2, 0.25) is 0 Å². The van der Waals surface area contributed by atoms with Crippen molar-refractivity contribution in [3.63, 3.8) is 0 Å². The van der Waals surface area contributed by atoms with Crippen molar-refractivity contribution in [1.82, 2.24) is 20.2 Å². The van der Waals surface area contributed by atoms with Crippen LogP contribution in [0.5, 0.6) is 0 Å². The average Bonchev–Trinajstić information content (AvgIpc) is 2.82. The Morgan fingerprint density at radius 3 is 2.90 bits per heavy atom. The molecule has 0 bridgehead atoms. The second kappa shape index (κ2) is 5.96. The van der Waals surface area contributed by atoms with Gasteiger partial charge in [0.25, 0.3) is 0 Å². The molecule has 2 N–H and O–H groups in total. The van der Waals surface area contributed by atoms with Crippen molar-refractivity contribution in [2.45, 2.75) is 20.4 Å². The van der Waals surface area contributed by atoms with Gasteiger partial charge < -0.3 is 10.5 Å². The summed E-state index contributed by atoms with van der Waals surface area (Å²) in [4.78, 5) is 0. The van der Waals surface area contributed by atoms with Crippen LogP contribution in [0, 0.1) is 18.7 Å². The zero-order valence-corrected chi connectivity index (χ0v) is 11.8. The summed E-state index contributed by atoms with van der Waals surface area (Å²) in [6.07, 6.45) is 0. The van der Waals surface area contributed by atoms with Gasteiger partial charge in [-0.25, -0.2) is 9.07 Å². The number of nitrogens with zero attached hydrogens (tertiary/aromatic N) is 4. The first kappa shape index (κ1) is 14.4. The van der Waals surface area contributed by atoms with Crippen LogP contribution in [-0.2, 0) is 11.3 Å². The molecule has 0 fully saturated rings. The van der Waals surface area contributed by atoms with Gasteiger partial charge in [-0.3, -0.25) is 0 Å². The number of hydrogen-bond donors (Lipinski definition) is 1. The number of tetrazole rings is 1. The van der Waals surface area contributed by atoms with Crippen LogP contribution < -0.4 is 5.73 Å². The number of aryl methyl sites for hydroxylation is 1. The number of nitrogen functional groups attached to an aromatic ring is 1. The first-order valence-electron chi connectivity index (χ1n) is 6.34. The summed E-state index contributed by atoms with van der Waals surface area (Å²) in [6, 6.07) is 3.13. The van der Waals surface area contributed by atoms with E-state index in [4.69, 9.17) is 10.5 Å². The number of ether oxygens (including phenoxy) is 1. The maximum Gasteiger partial charge on any atom is 0.185 e. The predicted molar refractivity (Wildman–Crippen MR) is 73.4 cm³/mol. The zero-order valence-electron chi connectivity index (χ0n) is 11.8. The molecule has 0 saturated heterocycles. The Balaban J connectivity index is 2.37. The summed E-state index contributed by atoms with van der Waals surface area (Å²) >= 11 is 0. The van der Waals surface area contributed by atoms with E-state index in [-0.39, 0.29) is 11.7 Å². The first-order chi connectivity index (χ1) is 9.52. The normalized spacial score (nSPS) is 12.6. The Bertz CT molecular complexity index is 598. The summed E-state index contributed by atoms with van der Waals surface area (Å²) < 4.78 is 20.9. The van der Waals surface area contributed by atoms with Crippen molar-refractivity contribution in [2.75, 3.05) is 19.5 Å². The molecule has 0 radical (unpaired) electrons. The molecule has 1 unspecified atom stereocenters. The molecule has 1 heterocycles. The molecule has 108 valence electrons. The first-order valence-corrected chi connectivity index (χ1v) is 6.34. The minimum absolute atomic E-state index is 0.215. The van der Waals surface area contributed by atoms with Gasteiger partial charge in [0.05, 0.1) is 12.2 Å². The molecular formula is C13H18FN5O. The fourth-order valence-corrected chi connectivity index (χ4v) is 2.11. The van der Waals surface area contributed by atoms with E-state index < -0.39 is 0 Å². The van der Waals surface area contributed by atoms with Gasteiger partial charge in [0.1, 0.15) is 5.82 Å². The fraction of sp³-hybridized carbons (Fsp3) is 0.462. The highest BCUT2D eigenvalue weighted by Gasteiger charge is 2.17. The third-order valence-electron chi connectivity index (χ3n) is 2.99. The summed E-state index contributed by atoms with van der Waals surface area (Å²) in [5, 5.41) is 11.4. The number of rotatable bonds is 5. The number of hydrogen-bond acceptors (Lipinski definition) is 5. The topological polar surface area (TPSA) is 78.8 Å². The highest BCUT2D eigenvalue weighted by molar-refractivity contribution is 5.63. The number of anilines is 1. The molecule has 0 saturated carbocycles. The third kappa shape index (κ3) is 2.93. The Morgan fingerprint density at radius 1 is 1.45 bits per heavy atom. The van der Waals surface area contributed by atoms with Crippen LogP contribution in [-0.4, -0.2) is 33.9 Å². The van der Waals surface area contributed by atoms with E-state index in [1.165, 1.54) is 0 Å². The summed E-state index contributed by atoms with van der Waals surface area (Å²) in [5.41, 5.74) is 7.04. The smallest absolute Gasteiger partial charge is 0.185 e. The van der Waals surface area contributed by atoms with E-state index in [1.807, 2.05) is 6.92 Å². The Morgan fingerprint density at radius 2 is 2.20 bits per heavy atom. The van der Waals surface area contributed by atoms with E-state index in [0.717, 1.165) is 0 Å². The summed E-state index contributed by atoms with van der Waals surface area (Å²) in [6.45, 7) is 4.80. The summed E-state index contributed by atoms with van der Waals surface area (Å²) in [7, 11) is 1.64. The second-order valence-corrected chi connectivity index (χ2v) is 4.94. The molecule has 0 aliphatic rings. The maximum atomic E-state index is 14.2. The van der Waals surface area contributed by atoms with Crippen molar-refractivity contribution in [1.29, 1.82) is 0 Å². The van der Waals surface area contributed by atoms with Crippen LogP contribution in [0.4, 0.5) is 10.1 Å². The molecule has 2 rings (SSSR count). The Labute approximate surface area is 116 Å². The molecule has 20 heavy (non-hydrogen) atoms. The van der Waals surface area contributed by atoms with Crippen molar-refractivity contribution in [2.24, 2.45) is 5.92 Å². The fourth-order valence-electron chi connectivity index (χ4n) is 2.11. The van der Waals surface area contributed by atoms with Gasteiger partial charge in [0.15, 0.2) is 5.82 Å². The van der Waals surface area contributed by atoms with Gasteiger partial charge in [0.2, 0.25) is 0 Å². The largest absolute Gasteiger partial charge is 0.399 e. The van der Waals surface area contributed by atoms with E-state index >= 15 is 0 Å². The van der Waals surface area contributed by atoms with E-state index in [1.54, 1.807) is 30.8 Å². The molecule has 7 heteroatoms. The lowest BCUT2D eigenvalue weighted by Gasteiger charge is -2.12. The lowest BCUT2D eigenvalue weighted by molar-refractivity contribution is 0.149. The van der Waals surface area contributed by atoms with E-state index in [0.29, 0.717) is 35.8 Å². The molecule has 6 nitrogen and oxygen atoms in total. The van der Waals surface area contributed by atoms with Gasteiger partial charge in [-0.1, -0.05) is 6.92 Å². The predicted octanol–water partition coefficient (Wildman–Crippen LogP) is 1.65. The molecule has 0 aliphatic carbocycles. The van der Waals surface area contributed by atoms with Gasteiger partial charge in [-0.2, -0.15) is 0 Å². The van der Waals surface area contributed by atoms with Crippen LogP contribution >= 0.6 is 0 Å². The third-order valence-corrected chi connectivity index (χ3v) is 2.99. The number of halogens is 1. The highest BCUT2D eigenvalue weighted by Crippen LogP contribution is 2.25. The Hall–Kier alpha value is -2.02. The molecule has 1 aromatic carbocycles. The van der Waals surface area contributed by atoms with Gasteiger partial charge in [-0.15, -0.1) is 5.10 Å². The van der Waals surface area contributed by atoms with E-state index in [2.05, 4.69) is 15.5 Å². The molecule has 0 aliphatic heterocycles. The highest BCUT2D eigenvalue weighted by atomic mass is 19.1. The Kier molecular flexibility index (Phi) is 4.29. The number of aromatic nitrogens is 4. The van der Waals surface area contributed by atoms with Crippen LogP contribution in [0.3, 0.4) is 0 Å². The van der Waals surface area contributed by atoms with Gasteiger partial charge in [-0.05, 0) is 41.0 Å². The average molecular weight is 279 g/mol. The molecule has 0 amide bonds. The maximum absolute atomic E-state index is 14.2. The molecular weight excluding hydrogens is 261 g/mol. The SMILES string of the molecule is COCC(C)Cn1nnnc1-c1cc(N)cc(C)c1F. The summed E-state index contributed by atoms with van der Waals surface area (Å²) in [5.74, 6) is 0.239. The van der Waals surface area contributed by atoms with Crippen LogP contribution in [0.25, 0.3) is 11.4 Å². The monoisotopic (exact) mass is 279 g/mol. The van der Waals surface area contributed by atoms with Gasteiger partial charge >= 0.3 is 0 Å².